The molecule has 1 heterocycles. The number of anilines is 3. The van der Waals surface area contributed by atoms with E-state index in [-0.39, 0.29) is 5.69 Å². The van der Waals surface area contributed by atoms with Crippen LogP contribution in [-0.2, 0) is 6.42 Å². The van der Waals surface area contributed by atoms with Gasteiger partial charge >= 0.3 is 5.69 Å². The van der Waals surface area contributed by atoms with E-state index in [1.807, 2.05) is 24.3 Å². The number of aromatic nitrogens is 1. The lowest BCUT2D eigenvalue weighted by Crippen LogP contribution is -2.14. The molecule has 1 N–H and O–H groups in total. The second-order valence-corrected chi connectivity index (χ2v) is 4.63. The minimum atomic E-state index is -0.418. The third-order valence-corrected chi connectivity index (χ3v) is 3.36. The van der Waals surface area contributed by atoms with Crippen molar-refractivity contribution in [1.29, 1.82) is 0 Å². The third-order valence-electron chi connectivity index (χ3n) is 3.36. The van der Waals surface area contributed by atoms with Crippen LogP contribution < -0.4 is 10.2 Å². The average molecular weight is 286 g/mol. The Hall–Kier alpha value is -2.63. The van der Waals surface area contributed by atoms with E-state index in [1.54, 1.807) is 25.1 Å². The summed E-state index contributed by atoms with van der Waals surface area (Å²) in [6.07, 6.45) is 0.956. The largest absolute Gasteiger partial charge is 0.373 e. The number of nitrogens with zero attached hydrogens (tertiary/aromatic N) is 3. The summed E-state index contributed by atoms with van der Waals surface area (Å²) in [5, 5.41) is 14.1. The quantitative estimate of drug-likeness (QED) is 0.674. The number of hydrogen-bond donors (Lipinski definition) is 1. The fourth-order valence-corrected chi connectivity index (χ4v) is 2.05. The fraction of sp³-hybridized carbons (Fsp3) is 0.267. The molecule has 0 amide bonds. The zero-order valence-corrected chi connectivity index (χ0v) is 12.3. The Morgan fingerprint density at radius 3 is 2.43 bits per heavy atom. The molecular weight excluding hydrogens is 268 g/mol. The van der Waals surface area contributed by atoms with Gasteiger partial charge in [-0.2, -0.15) is 0 Å². The Morgan fingerprint density at radius 1 is 1.24 bits per heavy atom. The number of benzene rings is 1. The van der Waals surface area contributed by atoms with Gasteiger partial charge in [-0.25, -0.2) is 4.98 Å². The number of aryl methyl sites for hydroxylation is 1. The van der Waals surface area contributed by atoms with Gasteiger partial charge in [-0.3, -0.25) is 10.1 Å². The van der Waals surface area contributed by atoms with Crippen molar-refractivity contribution in [1.82, 2.24) is 4.98 Å². The van der Waals surface area contributed by atoms with Gasteiger partial charge in [-0.05, 0) is 30.2 Å². The minimum Gasteiger partial charge on any atom is -0.373 e. The highest BCUT2D eigenvalue weighted by Gasteiger charge is 2.20. The highest BCUT2D eigenvalue weighted by atomic mass is 16.6. The van der Waals surface area contributed by atoms with Crippen LogP contribution in [0.3, 0.4) is 0 Å². The van der Waals surface area contributed by atoms with Crippen LogP contribution in [-0.4, -0.2) is 24.0 Å². The molecule has 0 unspecified atom stereocenters. The van der Waals surface area contributed by atoms with E-state index >= 15 is 0 Å². The lowest BCUT2D eigenvalue weighted by atomic mass is 10.1. The lowest BCUT2D eigenvalue weighted by Gasteiger charge is -2.19. The van der Waals surface area contributed by atoms with Gasteiger partial charge in [0, 0.05) is 25.8 Å². The van der Waals surface area contributed by atoms with Crippen molar-refractivity contribution in [2.45, 2.75) is 13.3 Å². The summed E-state index contributed by atoms with van der Waals surface area (Å²) in [6, 6.07) is 11.0. The predicted molar refractivity (Wildman–Crippen MR) is 84.3 cm³/mol. The van der Waals surface area contributed by atoms with E-state index in [4.69, 9.17) is 0 Å². The summed E-state index contributed by atoms with van der Waals surface area (Å²) in [5.41, 5.74) is 2.06. The highest BCUT2D eigenvalue weighted by molar-refractivity contribution is 5.69. The number of hydrogen-bond acceptors (Lipinski definition) is 5. The number of nitrogens with one attached hydrogen (secondary N) is 1. The fourth-order valence-electron chi connectivity index (χ4n) is 2.05. The van der Waals surface area contributed by atoms with Crippen LogP contribution >= 0.6 is 0 Å². The molecule has 1 aromatic heterocycles. The maximum atomic E-state index is 11.2. The summed E-state index contributed by atoms with van der Waals surface area (Å²) >= 11 is 0. The van der Waals surface area contributed by atoms with Crippen molar-refractivity contribution in [3.63, 3.8) is 0 Å². The molecule has 2 aromatic rings. The van der Waals surface area contributed by atoms with Gasteiger partial charge in [0.2, 0.25) is 5.82 Å². The first-order chi connectivity index (χ1) is 10.1. The van der Waals surface area contributed by atoms with Crippen LogP contribution in [0.15, 0.2) is 36.4 Å². The SMILES string of the molecule is CCc1ccc(N(C)c2nc(NC)ccc2[N+](=O)[O-])cc1. The Balaban J connectivity index is 2.44. The molecule has 0 aliphatic carbocycles. The molecule has 0 spiro atoms. The van der Waals surface area contributed by atoms with Gasteiger partial charge in [0.05, 0.1) is 4.92 Å². The monoisotopic (exact) mass is 286 g/mol. The molecule has 0 aliphatic rings. The molecule has 1 aromatic carbocycles. The third kappa shape index (κ3) is 3.10. The zero-order chi connectivity index (χ0) is 15.4. The standard InChI is InChI=1S/C15H18N4O2/c1-4-11-5-7-12(8-6-11)18(3)15-13(19(20)21)9-10-14(16-2)17-15/h5-10H,4H2,1-3H3,(H,16,17). The molecule has 110 valence electrons. The maximum Gasteiger partial charge on any atom is 0.312 e. The Kier molecular flexibility index (Phi) is 4.37. The molecule has 0 aliphatic heterocycles. The van der Waals surface area contributed by atoms with Crippen molar-refractivity contribution < 1.29 is 4.92 Å². The van der Waals surface area contributed by atoms with E-state index in [2.05, 4.69) is 17.2 Å². The molecule has 0 atom stereocenters. The second kappa shape index (κ2) is 6.21. The zero-order valence-electron chi connectivity index (χ0n) is 12.3. The highest BCUT2D eigenvalue weighted by Crippen LogP contribution is 2.31. The van der Waals surface area contributed by atoms with E-state index in [9.17, 15) is 10.1 Å². The van der Waals surface area contributed by atoms with Gasteiger partial charge in [-0.1, -0.05) is 19.1 Å². The first kappa shape index (κ1) is 14.8. The van der Waals surface area contributed by atoms with E-state index in [0.29, 0.717) is 11.6 Å². The van der Waals surface area contributed by atoms with E-state index in [0.717, 1.165) is 12.1 Å². The summed E-state index contributed by atoms with van der Waals surface area (Å²) < 4.78 is 0. The van der Waals surface area contributed by atoms with Crippen LogP contribution in [0.4, 0.5) is 23.0 Å². The Bertz CT molecular complexity index is 641. The van der Waals surface area contributed by atoms with Gasteiger partial charge in [0.1, 0.15) is 5.82 Å². The number of pyridine rings is 1. The molecular formula is C15H18N4O2. The van der Waals surface area contributed by atoms with Crippen molar-refractivity contribution >= 4 is 23.0 Å². The van der Waals surface area contributed by atoms with Crippen LogP contribution in [0.25, 0.3) is 0 Å². The van der Waals surface area contributed by atoms with Crippen molar-refractivity contribution in [2.75, 3.05) is 24.3 Å². The first-order valence-electron chi connectivity index (χ1n) is 6.72. The maximum absolute atomic E-state index is 11.2. The van der Waals surface area contributed by atoms with Crippen LogP contribution in [0.1, 0.15) is 12.5 Å². The van der Waals surface area contributed by atoms with Crippen LogP contribution in [0, 0.1) is 10.1 Å². The minimum absolute atomic E-state index is 0.0175. The molecule has 6 heteroatoms. The Labute approximate surface area is 123 Å². The van der Waals surface area contributed by atoms with Gasteiger partial charge in [0.15, 0.2) is 0 Å². The first-order valence-corrected chi connectivity index (χ1v) is 6.72. The van der Waals surface area contributed by atoms with Gasteiger partial charge in [0.25, 0.3) is 0 Å². The smallest absolute Gasteiger partial charge is 0.312 e. The molecule has 0 saturated heterocycles. The predicted octanol–water partition coefficient (Wildman–Crippen LogP) is 3.36. The average Bonchev–Trinajstić information content (AvgIpc) is 2.53. The summed E-state index contributed by atoms with van der Waals surface area (Å²) in [5.74, 6) is 0.906. The van der Waals surface area contributed by atoms with Gasteiger partial charge < -0.3 is 10.2 Å². The molecule has 21 heavy (non-hydrogen) atoms. The summed E-state index contributed by atoms with van der Waals surface area (Å²) in [6.45, 7) is 2.08. The Morgan fingerprint density at radius 2 is 1.90 bits per heavy atom. The summed E-state index contributed by atoms with van der Waals surface area (Å²) in [4.78, 5) is 16.8. The summed E-state index contributed by atoms with van der Waals surface area (Å²) in [7, 11) is 3.50. The van der Waals surface area contributed by atoms with Crippen molar-refractivity contribution in [3.8, 4) is 0 Å². The molecule has 0 radical (unpaired) electrons. The molecule has 2 rings (SSSR count). The van der Waals surface area contributed by atoms with Gasteiger partial charge in [-0.15, -0.1) is 0 Å². The normalized spacial score (nSPS) is 10.2. The van der Waals surface area contributed by atoms with Crippen molar-refractivity contribution in [3.05, 3.63) is 52.1 Å². The number of nitro groups is 1. The molecule has 0 fully saturated rings. The van der Waals surface area contributed by atoms with E-state index < -0.39 is 4.92 Å². The lowest BCUT2D eigenvalue weighted by molar-refractivity contribution is -0.384. The molecule has 0 bridgehead atoms. The van der Waals surface area contributed by atoms with E-state index in [1.165, 1.54) is 11.6 Å². The molecule has 6 nitrogen and oxygen atoms in total. The second-order valence-electron chi connectivity index (χ2n) is 4.63. The molecule has 0 saturated carbocycles. The van der Waals surface area contributed by atoms with Crippen LogP contribution in [0.2, 0.25) is 0 Å². The van der Waals surface area contributed by atoms with Crippen molar-refractivity contribution in [2.24, 2.45) is 0 Å². The topological polar surface area (TPSA) is 71.3 Å². The number of rotatable bonds is 5. The van der Waals surface area contributed by atoms with Crippen LogP contribution in [0.5, 0.6) is 0 Å².